The largest absolute Gasteiger partial charge is 0.502 e. The Kier molecular flexibility index (Phi) is 6.01. The monoisotopic (exact) mass is 420 g/mol. The number of anilines is 1. The van der Waals surface area contributed by atoms with Gasteiger partial charge in [0, 0.05) is 12.6 Å². The zero-order valence-corrected chi connectivity index (χ0v) is 16.8. The Hall–Kier alpha value is -3.62. The summed E-state index contributed by atoms with van der Waals surface area (Å²) in [5.74, 6) is -1.25. The highest BCUT2D eigenvalue weighted by atomic mass is 16.5. The van der Waals surface area contributed by atoms with E-state index in [2.05, 4.69) is 10.3 Å². The number of carbonyl (C=O) groups is 1. The van der Waals surface area contributed by atoms with E-state index in [0.717, 1.165) is 11.1 Å². The standard InChI is InChI=1S/C23H24N4O4/c24-17-13-25-20(22(29)21(17)28)23(30)27-14-31-12-11-18(27)26-19(15-7-3-1-4-8-15)16-9-5-2-6-10-16/h1-10,13,18-19,26,29H,11-12,14,24H2,(H,25,28)/t18-/m0/s1. The zero-order chi connectivity index (χ0) is 21.8. The maximum Gasteiger partial charge on any atom is 0.277 e. The summed E-state index contributed by atoms with van der Waals surface area (Å²) in [4.78, 5) is 29.3. The first kappa shape index (κ1) is 20.6. The third kappa shape index (κ3) is 4.30. The molecule has 0 radical (unpaired) electrons. The van der Waals surface area contributed by atoms with Crippen molar-refractivity contribution in [2.24, 2.45) is 0 Å². The molecule has 2 heterocycles. The number of nitrogens with two attached hydrogens (primary N) is 1. The molecule has 0 bridgehead atoms. The van der Waals surface area contributed by atoms with Crippen LogP contribution in [0.3, 0.4) is 0 Å². The van der Waals surface area contributed by atoms with Gasteiger partial charge in [0.2, 0.25) is 5.43 Å². The molecule has 5 N–H and O–H groups in total. The van der Waals surface area contributed by atoms with Crippen LogP contribution in [-0.4, -0.2) is 40.4 Å². The molecule has 1 saturated heterocycles. The van der Waals surface area contributed by atoms with Crippen LogP contribution in [0.1, 0.15) is 34.1 Å². The van der Waals surface area contributed by atoms with E-state index in [1.165, 1.54) is 11.1 Å². The van der Waals surface area contributed by atoms with Crippen LogP contribution in [0.4, 0.5) is 5.69 Å². The van der Waals surface area contributed by atoms with Crippen molar-refractivity contribution in [3.8, 4) is 5.75 Å². The zero-order valence-electron chi connectivity index (χ0n) is 16.8. The predicted octanol–water partition coefficient (Wildman–Crippen LogP) is 2.19. The van der Waals surface area contributed by atoms with Crippen molar-refractivity contribution in [3.05, 3.63) is 93.9 Å². The summed E-state index contributed by atoms with van der Waals surface area (Å²) in [6, 6.07) is 19.7. The number of carbonyl (C=O) groups excluding carboxylic acids is 1. The van der Waals surface area contributed by atoms with Gasteiger partial charge in [0.05, 0.1) is 24.5 Å². The van der Waals surface area contributed by atoms with Crippen LogP contribution in [0.25, 0.3) is 0 Å². The number of benzene rings is 2. The van der Waals surface area contributed by atoms with E-state index in [-0.39, 0.29) is 30.3 Å². The number of nitrogens with one attached hydrogen (secondary N) is 2. The molecule has 1 aliphatic rings. The third-order valence-corrected chi connectivity index (χ3v) is 5.33. The molecular formula is C23H24N4O4. The van der Waals surface area contributed by atoms with E-state index in [9.17, 15) is 14.7 Å². The van der Waals surface area contributed by atoms with Gasteiger partial charge in [-0.15, -0.1) is 0 Å². The van der Waals surface area contributed by atoms with E-state index in [1.54, 1.807) is 0 Å². The van der Waals surface area contributed by atoms with Gasteiger partial charge < -0.3 is 20.6 Å². The lowest BCUT2D eigenvalue weighted by Crippen LogP contribution is -2.54. The van der Waals surface area contributed by atoms with Crippen LogP contribution in [0.2, 0.25) is 0 Å². The van der Waals surface area contributed by atoms with Gasteiger partial charge >= 0.3 is 0 Å². The maximum atomic E-state index is 13.2. The number of amides is 1. The lowest BCUT2D eigenvalue weighted by atomic mass is 9.98. The van der Waals surface area contributed by atoms with Gasteiger partial charge in [0.25, 0.3) is 5.91 Å². The van der Waals surface area contributed by atoms with Crippen molar-refractivity contribution >= 4 is 11.6 Å². The number of aromatic nitrogens is 1. The van der Waals surface area contributed by atoms with Gasteiger partial charge in [-0.2, -0.15) is 0 Å². The summed E-state index contributed by atoms with van der Waals surface area (Å²) in [6.07, 6.45) is 1.37. The summed E-state index contributed by atoms with van der Waals surface area (Å²) in [6.45, 7) is 0.501. The highest BCUT2D eigenvalue weighted by molar-refractivity contribution is 5.95. The normalized spacial score (nSPS) is 16.4. The Labute approximate surface area is 179 Å². The summed E-state index contributed by atoms with van der Waals surface area (Å²) in [5.41, 5.74) is 6.47. The average Bonchev–Trinajstić information content (AvgIpc) is 2.82. The average molecular weight is 420 g/mol. The molecule has 4 rings (SSSR count). The molecule has 0 aliphatic carbocycles. The molecule has 0 spiro atoms. The van der Waals surface area contributed by atoms with Crippen LogP contribution in [0.5, 0.6) is 5.75 Å². The molecule has 3 aromatic rings. The van der Waals surface area contributed by atoms with Gasteiger partial charge in [0.1, 0.15) is 6.73 Å². The lowest BCUT2D eigenvalue weighted by Gasteiger charge is -2.38. The summed E-state index contributed by atoms with van der Waals surface area (Å²) < 4.78 is 5.51. The number of nitrogen functional groups attached to an aromatic ring is 1. The Morgan fingerprint density at radius 3 is 2.35 bits per heavy atom. The number of ether oxygens (including phenoxy) is 1. The molecule has 8 nitrogen and oxygen atoms in total. The number of pyridine rings is 1. The van der Waals surface area contributed by atoms with E-state index in [4.69, 9.17) is 10.5 Å². The quantitative estimate of drug-likeness (QED) is 0.502. The van der Waals surface area contributed by atoms with Gasteiger partial charge in [-0.05, 0) is 11.1 Å². The fraction of sp³-hybridized carbons (Fsp3) is 0.217. The van der Waals surface area contributed by atoms with Crippen molar-refractivity contribution in [3.63, 3.8) is 0 Å². The number of aromatic amines is 1. The minimum Gasteiger partial charge on any atom is -0.502 e. The molecule has 1 aromatic heterocycles. The minimum atomic E-state index is -0.781. The second-order valence-corrected chi connectivity index (χ2v) is 7.33. The second kappa shape index (κ2) is 9.03. The number of H-pyrrole nitrogens is 1. The molecule has 1 amide bonds. The third-order valence-electron chi connectivity index (χ3n) is 5.33. The number of rotatable bonds is 5. The van der Waals surface area contributed by atoms with Crippen molar-refractivity contribution < 1.29 is 14.6 Å². The molecule has 31 heavy (non-hydrogen) atoms. The smallest absolute Gasteiger partial charge is 0.277 e. The Bertz CT molecular complexity index is 1060. The molecule has 160 valence electrons. The molecule has 1 fully saturated rings. The number of nitrogens with zero attached hydrogens (tertiary/aromatic N) is 1. The van der Waals surface area contributed by atoms with Crippen molar-refractivity contribution in [2.75, 3.05) is 19.1 Å². The Morgan fingerprint density at radius 2 is 1.74 bits per heavy atom. The second-order valence-electron chi connectivity index (χ2n) is 7.33. The topological polar surface area (TPSA) is 121 Å². The Balaban J connectivity index is 1.65. The van der Waals surface area contributed by atoms with Crippen LogP contribution < -0.4 is 16.5 Å². The molecule has 1 atom stereocenters. The number of hydrogen-bond donors (Lipinski definition) is 4. The highest BCUT2D eigenvalue weighted by Gasteiger charge is 2.32. The van der Waals surface area contributed by atoms with Crippen molar-refractivity contribution in [1.29, 1.82) is 0 Å². The number of hydrogen-bond acceptors (Lipinski definition) is 6. The van der Waals surface area contributed by atoms with Crippen LogP contribution in [0.15, 0.2) is 71.7 Å². The summed E-state index contributed by atoms with van der Waals surface area (Å²) >= 11 is 0. The first-order valence-electron chi connectivity index (χ1n) is 10.0. The van der Waals surface area contributed by atoms with Gasteiger partial charge in [0.15, 0.2) is 11.4 Å². The van der Waals surface area contributed by atoms with Gasteiger partial charge in [-0.3, -0.25) is 19.8 Å². The van der Waals surface area contributed by atoms with E-state index in [1.807, 2.05) is 60.7 Å². The van der Waals surface area contributed by atoms with E-state index in [0.29, 0.717) is 13.0 Å². The van der Waals surface area contributed by atoms with Crippen molar-refractivity contribution in [1.82, 2.24) is 15.2 Å². The fourth-order valence-electron chi connectivity index (χ4n) is 3.69. The SMILES string of the molecule is Nc1c[nH]c(C(=O)N2COCC[C@H]2NC(c2ccccc2)c2ccccc2)c(O)c1=O. The van der Waals surface area contributed by atoms with Crippen LogP contribution in [0, 0.1) is 0 Å². The molecule has 2 aromatic carbocycles. The first-order valence-corrected chi connectivity index (χ1v) is 10.0. The predicted molar refractivity (Wildman–Crippen MR) is 116 cm³/mol. The van der Waals surface area contributed by atoms with Crippen LogP contribution in [-0.2, 0) is 4.74 Å². The van der Waals surface area contributed by atoms with E-state index >= 15 is 0 Å². The Morgan fingerprint density at radius 1 is 1.13 bits per heavy atom. The van der Waals surface area contributed by atoms with Crippen LogP contribution >= 0.6 is 0 Å². The fourth-order valence-corrected chi connectivity index (χ4v) is 3.69. The highest BCUT2D eigenvalue weighted by Crippen LogP contribution is 2.25. The summed E-state index contributed by atoms with van der Waals surface area (Å²) in [5, 5.41) is 13.7. The van der Waals surface area contributed by atoms with Gasteiger partial charge in [-0.1, -0.05) is 60.7 Å². The molecule has 0 unspecified atom stereocenters. The molecule has 0 saturated carbocycles. The molecular weight excluding hydrogens is 396 g/mol. The molecule has 1 aliphatic heterocycles. The first-order chi connectivity index (χ1) is 15.1. The minimum absolute atomic E-state index is 0.0264. The lowest BCUT2D eigenvalue weighted by molar-refractivity contribution is -0.0434. The summed E-state index contributed by atoms with van der Waals surface area (Å²) in [7, 11) is 0. The van der Waals surface area contributed by atoms with Crippen molar-refractivity contribution in [2.45, 2.75) is 18.6 Å². The van der Waals surface area contributed by atoms with Gasteiger partial charge in [-0.25, -0.2) is 0 Å². The maximum absolute atomic E-state index is 13.2. The molecule has 8 heteroatoms. The van der Waals surface area contributed by atoms with E-state index < -0.39 is 17.1 Å². The number of aromatic hydroxyl groups is 1.